The first-order valence-corrected chi connectivity index (χ1v) is 6.86. The lowest BCUT2D eigenvalue weighted by Crippen LogP contribution is -2.27. The van der Waals surface area contributed by atoms with E-state index in [2.05, 4.69) is 27.9 Å². The summed E-state index contributed by atoms with van der Waals surface area (Å²) in [4.78, 5) is 11.3. The molecule has 1 amide bonds. The smallest absolute Gasteiger partial charge is 0.221 e. The van der Waals surface area contributed by atoms with Gasteiger partial charge in [0.25, 0.3) is 0 Å². The number of nitrogens with one attached hydrogen (secondary N) is 2. The maximum Gasteiger partial charge on any atom is 0.221 e. The van der Waals surface area contributed by atoms with E-state index in [1.807, 2.05) is 36.0 Å². The minimum atomic E-state index is 0.0917. The van der Waals surface area contributed by atoms with E-state index in [9.17, 15) is 4.79 Å². The first-order chi connectivity index (χ1) is 9.79. The molecule has 0 aliphatic heterocycles. The summed E-state index contributed by atoms with van der Waals surface area (Å²) in [5.41, 5.74) is 2.23. The highest BCUT2D eigenvalue weighted by Crippen LogP contribution is 2.08. The van der Waals surface area contributed by atoms with Crippen molar-refractivity contribution >= 4 is 5.91 Å². The summed E-state index contributed by atoms with van der Waals surface area (Å²) >= 11 is 0. The van der Waals surface area contributed by atoms with Crippen molar-refractivity contribution in [3.8, 4) is 5.69 Å². The lowest BCUT2D eigenvalue weighted by molar-refractivity contribution is -0.120. The van der Waals surface area contributed by atoms with Crippen molar-refractivity contribution in [2.24, 2.45) is 0 Å². The molecule has 2 rings (SSSR count). The molecule has 5 heteroatoms. The number of hydrogen-bond donors (Lipinski definition) is 2. The number of carbonyl (C=O) groups excluding carboxylic acids is 1. The van der Waals surface area contributed by atoms with E-state index in [0.717, 1.165) is 12.2 Å². The number of rotatable bonds is 7. The van der Waals surface area contributed by atoms with E-state index in [1.54, 1.807) is 6.20 Å². The molecule has 0 radical (unpaired) electrons. The molecular weight excluding hydrogens is 252 g/mol. The molecule has 0 saturated carbocycles. The largest absolute Gasteiger partial charge is 0.356 e. The van der Waals surface area contributed by atoms with Crippen LogP contribution in [-0.4, -0.2) is 28.8 Å². The predicted octanol–water partition coefficient (Wildman–Crippen LogP) is 1.49. The summed E-state index contributed by atoms with van der Waals surface area (Å²) < 4.78 is 1.83. The van der Waals surface area contributed by atoms with Crippen LogP contribution in [0.2, 0.25) is 0 Å². The highest BCUT2D eigenvalue weighted by Gasteiger charge is 1.99. The summed E-state index contributed by atoms with van der Waals surface area (Å²) in [6.07, 6.45) is 4.19. The first kappa shape index (κ1) is 14.3. The Hall–Kier alpha value is -2.14. The zero-order valence-corrected chi connectivity index (χ0v) is 11.7. The second-order valence-corrected chi connectivity index (χ2v) is 4.50. The summed E-state index contributed by atoms with van der Waals surface area (Å²) in [5, 5.41) is 10.2. The van der Waals surface area contributed by atoms with Crippen LogP contribution in [0.15, 0.2) is 42.7 Å². The number of hydrogen-bond acceptors (Lipinski definition) is 3. The van der Waals surface area contributed by atoms with Crippen molar-refractivity contribution in [1.29, 1.82) is 0 Å². The Morgan fingerprint density at radius 1 is 1.30 bits per heavy atom. The van der Waals surface area contributed by atoms with Crippen molar-refractivity contribution in [3.63, 3.8) is 0 Å². The number of amides is 1. The monoisotopic (exact) mass is 272 g/mol. The van der Waals surface area contributed by atoms with Crippen LogP contribution in [0.25, 0.3) is 5.69 Å². The van der Waals surface area contributed by atoms with E-state index in [0.29, 0.717) is 19.5 Å². The van der Waals surface area contributed by atoms with Crippen LogP contribution in [0.4, 0.5) is 0 Å². The van der Waals surface area contributed by atoms with Gasteiger partial charge >= 0.3 is 0 Å². The summed E-state index contributed by atoms with van der Waals surface area (Å²) in [7, 11) is 0. The number of carbonyl (C=O) groups is 1. The Bertz CT molecular complexity index is 519. The second kappa shape index (κ2) is 7.45. The van der Waals surface area contributed by atoms with Gasteiger partial charge in [-0.25, -0.2) is 4.68 Å². The molecular formula is C15H20N4O. The molecule has 0 bridgehead atoms. The van der Waals surface area contributed by atoms with Crippen molar-refractivity contribution < 1.29 is 4.79 Å². The molecule has 0 spiro atoms. The van der Waals surface area contributed by atoms with E-state index in [-0.39, 0.29) is 5.91 Å². The molecule has 0 aliphatic carbocycles. The van der Waals surface area contributed by atoms with Gasteiger partial charge in [-0.05, 0) is 30.7 Å². The SMILES string of the molecule is CCNC(=O)CCNCc1ccc(-n2cccn2)cc1. The summed E-state index contributed by atoms with van der Waals surface area (Å²) in [6.45, 7) is 4.06. The zero-order chi connectivity index (χ0) is 14.2. The van der Waals surface area contributed by atoms with Gasteiger partial charge in [0.15, 0.2) is 0 Å². The minimum Gasteiger partial charge on any atom is -0.356 e. The van der Waals surface area contributed by atoms with E-state index in [4.69, 9.17) is 0 Å². The van der Waals surface area contributed by atoms with Crippen LogP contribution in [0, 0.1) is 0 Å². The molecule has 2 aromatic rings. The maximum atomic E-state index is 11.3. The lowest BCUT2D eigenvalue weighted by atomic mass is 10.2. The molecule has 5 nitrogen and oxygen atoms in total. The van der Waals surface area contributed by atoms with Crippen LogP contribution in [0.3, 0.4) is 0 Å². The Labute approximate surface area is 119 Å². The fraction of sp³-hybridized carbons (Fsp3) is 0.333. The maximum absolute atomic E-state index is 11.3. The van der Waals surface area contributed by atoms with Gasteiger partial charge in [0.1, 0.15) is 0 Å². The van der Waals surface area contributed by atoms with Gasteiger partial charge < -0.3 is 10.6 Å². The quantitative estimate of drug-likeness (QED) is 0.751. The highest BCUT2D eigenvalue weighted by atomic mass is 16.1. The molecule has 1 aromatic carbocycles. The van der Waals surface area contributed by atoms with Crippen LogP contribution < -0.4 is 10.6 Å². The van der Waals surface area contributed by atoms with Crippen LogP contribution in [-0.2, 0) is 11.3 Å². The van der Waals surface area contributed by atoms with E-state index in [1.165, 1.54) is 5.56 Å². The molecule has 0 saturated heterocycles. The van der Waals surface area contributed by atoms with Gasteiger partial charge in [0.05, 0.1) is 5.69 Å². The third-order valence-electron chi connectivity index (χ3n) is 2.94. The third kappa shape index (κ3) is 4.20. The van der Waals surface area contributed by atoms with Gasteiger partial charge in [-0.15, -0.1) is 0 Å². The first-order valence-electron chi connectivity index (χ1n) is 6.86. The number of aromatic nitrogens is 2. The van der Waals surface area contributed by atoms with Gasteiger partial charge in [0, 0.05) is 38.4 Å². The fourth-order valence-electron chi connectivity index (χ4n) is 1.91. The van der Waals surface area contributed by atoms with Crippen molar-refractivity contribution in [2.75, 3.05) is 13.1 Å². The van der Waals surface area contributed by atoms with Gasteiger partial charge in [-0.1, -0.05) is 12.1 Å². The van der Waals surface area contributed by atoms with Gasteiger partial charge in [0.2, 0.25) is 5.91 Å². The average molecular weight is 272 g/mol. The second-order valence-electron chi connectivity index (χ2n) is 4.50. The number of benzene rings is 1. The fourth-order valence-corrected chi connectivity index (χ4v) is 1.91. The number of nitrogens with zero attached hydrogens (tertiary/aromatic N) is 2. The molecule has 0 unspecified atom stereocenters. The molecule has 0 aliphatic rings. The van der Waals surface area contributed by atoms with E-state index >= 15 is 0 Å². The van der Waals surface area contributed by atoms with Crippen molar-refractivity contribution in [3.05, 3.63) is 48.3 Å². The molecule has 106 valence electrons. The Balaban J connectivity index is 1.75. The lowest BCUT2D eigenvalue weighted by Gasteiger charge is -2.06. The highest BCUT2D eigenvalue weighted by molar-refractivity contribution is 5.75. The molecule has 0 fully saturated rings. The van der Waals surface area contributed by atoms with Crippen LogP contribution in [0.1, 0.15) is 18.9 Å². The third-order valence-corrected chi connectivity index (χ3v) is 2.94. The molecule has 1 heterocycles. The molecule has 1 aromatic heterocycles. The standard InChI is InChI=1S/C15H20N4O/c1-2-17-15(20)8-10-16-12-13-4-6-14(7-5-13)19-11-3-9-18-19/h3-7,9,11,16H,2,8,10,12H2,1H3,(H,17,20). The molecule has 2 N–H and O–H groups in total. The molecule has 20 heavy (non-hydrogen) atoms. The van der Waals surface area contributed by atoms with Crippen molar-refractivity contribution in [2.45, 2.75) is 19.9 Å². The van der Waals surface area contributed by atoms with E-state index < -0.39 is 0 Å². The Morgan fingerprint density at radius 2 is 2.10 bits per heavy atom. The minimum absolute atomic E-state index is 0.0917. The Morgan fingerprint density at radius 3 is 2.75 bits per heavy atom. The molecule has 0 atom stereocenters. The predicted molar refractivity (Wildman–Crippen MR) is 78.6 cm³/mol. The van der Waals surface area contributed by atoms with Crippen molar-refractivity contribution in [1.82, 2.24) is 20.4 Å². The van der Waals surface area contributed by atoms with Gasteiger partial charge in [-0.2, -0.15) is 5.10 Å². The zero-order valence-electron chi connectivity index (χ0n) is 11.7. The topological polar surface area (TPSA) is 59.0 Å². The summed E-state index contributed by atoms with van der Waals surface area (Å²) in [6, 6.07) is 10.1. The Kier molecular flexibility index (Phi) is 5.32. The summed E-state index contributed by atoms with van der Waals surface area (Å²) in [5.74, 6) is 0.0917. The van der Waals surface area contributed by atoms with Crippen LogP contribution >= 0.6 is 0 Å². The van der Waals surface area contributed by atoms with Gasteiger partial charge in [-0.3, -0.25) is 4.79 Å². The average Bonchev–Trinajstić information content (AvgIpc) is 2.99. The van der Waals surface area contributed by atoms with Crippen LogP contribution in [0.5, 0.6) is 0 Å². The normalized spacial score (nSPS) is 10.4.